The average Bonchev–Trinajstić information content (AvgIpc) is 2.66. The lowest BCUT2D eigenvalue weighted by atomic mass is 10.0. The highest BCUT2D eigenvalue weighted by Crippen LogP contribution is 2.36. The van der Waals surface area contributed by atoms with Crippen LogP contribution in [0.2, 0.25) is 5.02 Å². The van der Waals surface area contributed by atoms with E-state index in [1.54, 1.807) is 12.1 Å². The van der Waals surface area contributed by atoms with Gasteiger partial charge in [-0.05, 0) is 54.7 Å². The van der Waals surface area contributed by atoms with E-state index in [0.29, 0.717) is 47.8 Å². The second-order valence-corrected chi connectivity index (χ2v) is 7.49. The van der Waals surface area contributed by atoms with Crippen LogP contribution in [0.1, 0.15) is 50.3 Å². The number of ether oxygens (including phenoxy) is 3. The van der Waals surface area contributed by atoms with Crippen LogP contribution in [0.4, 0.5) is 0 Å². The number of nitrogens with zero attached hydrogens (tertiary/aromatic N) is 1. The van der Waals surface area contributed by atoms with Crippen molar-refractivity contribution in [3.63, 3.8) is 0 Å². The Labute approximate surface area is 183 Å². The Morgan fingerprint density at radius 3 is 2.53 bits per heavy atom. The van der Waals surface area contributed by atoms with Crippen LogP contribution in [-0.2, 0) is 4.79 Å². The van der Waals surface area contributed by atoms with Crippen LogP contribution in [0.15, 0.2) is 35.4 Å². The number of amides is 1. The van der Waals surface area contributed by atoms with Crippen LogP contribution in [0, 0.1) is 6.92 Å². The summed E-state index contributed by atoms with van der Waals surface area (Å²) >= 11 is 6.40. The zero-order valence-electron chi connectivity index (χ0n) is 18.1. The monoisotopic (exact) mass is 432 g/mol. The summed E-state index contributed by atoms with van der Waals surface area (Å²) in [6.45, 7) is 10.7. The number of hydrazone groups is 1. The number of carbonyl (C=O) groups is 1. The quantitative estimate of drug-likeness (QED) is 0.322. The molecular weight excluding hydrogens is 404 g/mol. The van der Waals surface area contributed by atoms with Crippen molar-refractivity contribution in [1.29, 1.82) is 0 Å². The van der Waals surface area contributed by atoms with Gasteiger partial charge in [0, 0.05) is 6.92 Å². The Morgan fingerprint density at radius 2 is 1.87 bits per heavy atom. The van der Waals surface area contributed by atoms with Crippen molar-refractivity contribution in [3.8, 4) is 17.2 Å². The van der Waals surface area contributed by atoms with E-state index in [1.807, 2.05) is 19.9 Å². The topological polar surface area (TPSA) is 69.2 Å². The third-order valence-corrected chi connectivity index (χ3v) is 4.43. The second-order valence-electron chi connectivity index (χ2n) is 7.08. The Morgan fingerprint density at radius 1 is 1.13 bits per heavy atom. The summed E-state index contributed by atoms with van der Waals surface area (Å²) in [5, 5.41) is 4.24. The van der Waals surface area contributed by atoms with Crippen molar-refractivity contribution in [2.75, 3.05) is 19.8 Å². The van der Waals surface area contributed by atoms with E-state index in [9.17, 15) is 4.79 Å². The third kappa shape index (κ3) is 6.95. The van der Waals surface area contributed by atoms with Gasteiger partial charge in [0.1, 0.15) is 19.0 Å². The molecule has 1 N–H and O–H groups in total. The SMILES string of the molecule is CCOc1cc(/C=N/NC(C)=O)cc(Cl)c1OCCOc1cc(C)ccc1C(C)C. The fourth-order valence-corrected chi connectivity index (χ4v) is 3.08. The maximum Gasteiger partial charge on any atom is 0.236 e. The van der Waals surface area contributed by atoms with Gasteiger partial charge in [0.05, 0.1) is 17.8 Å². The molecule has 7 heteroatoms. The first-order valence-corrected chi connectivity index (χ1v) is 10.3. The summed E-state index contributed by atoms with van der Waals surface area (Å²) in [6, 6.07) is 9.68. The summed E-state index contributed by atoms with van der Waals surface area (Å²) in [7, 11) is 0. The van der Waals surface area contributed by atoms with Gasteiger partial charge in [-0.1, -0.05) is 37.6 Å². The number of carbonyl (C=O) groups excluding carboxylic acids is 1. The minimum absolute atomic E-state index is 0.253. The predicted octanol–water partition coefficient (Wildman–Crippen LogP) is 5.10. The van der Waals surface area contributed by atoms with E-state index in [1.165, 1.54) is 13.1 Å². The van der Waals surface area contributed by atoms with E-state index in [2.05, 4.69) is 36.5 Å². The molecule has 2 aromatic rings. The van der Waals surface area contributed by atoms with Crippen molar-refractivity contribution in [2.45, 2.75) is 40.5 Å². The van der Waals surface area contributed by atoms with Crippen molar-refractivity contribution in [2.24, 2.45) is 5.10 Å². The lowest BCUT2D eigenvalue weighted by Crippen LogP contribution is -2.12. The van der Waals surface area contributed by atoms with Crippen molar-refractivity contribution < 1.29 is 19.0 Å². The molecular formula is C23H29ClN2O4. The first-order valence-electron chi connectivity index (χ1n) is 9.94. The van der Waals surface area contributed by atoms with Crippen LogP contribution in [-0.4, -0.2) is 31.9 Å². The number of hydrogen-bond acceptors (Lipinski definition) is 5. The molecule has 0 fully saturated rings. The summed E-state index contributed by atoms with van der Waals surface area (Å²) in [5.41, 5.74) is 5.34. The van der Waals surface area contributed by atoms with Gasteiger partial charge >= 0.3 is 0 Å². The number of benzene rings is 2. The molecule has 162 valence electrons. The maximum atomic E-state index is 10.9. The minimum Gasteiger partial charge on any atom is -0.490 e. The first-order chi connectivity index (χ1) is 14.3. The van der Waals surface area contributed by atoms with Gasteiger partial charge in [-0.25, -0.2) is 5.43 Å². The molecule has 0 radical (unpaired) electrons. The van der Waals surface area contributed by atoms with Crippen molar-refractivity contribution >= 4 is 23.7 Å². The van der Waals surface area contributed by atoms with Gasteiger partial charge in [0.2, 0.25) is 5.91 Å². The predicted molar refractivity (Wildman–Crippen MR) is 120 cm³/mol. The highest BCUT2D eigenvalue weighted by molar-refractivity contribution is 6.32. The van der Waals surface area contributed by atoms with E-state index in [0.717, 1.165) is 16.9 Å². The molecule has 0 aliphatic rings. The Bertz CT molecular complexity index is 897. The van der Waals surface area contributed by atoms with Gasteiger partial charge in [-0.15, -0.1) is 0 Å². The molecule has 0 heterocycles. The molecule has 6 nitrogen and oxygen atoms in total. The Kier molecular flexibility index (Phi) is 8.99. The summed E-state index contributed by atoms with van der Waals surface area (Å²) in [6.07, 6.45) is 1.49. The molecule has 0 aliphatic carbocycles. The van der Waals surface area contributed by atoms with E-state index < -0.39 is 0 Å². The van der Waals surface area contributed by atoms with Gasteiger partial charge in [0.25, 0.3) is 0 Å². The molecule has 0 saturated heterocycles. The van der Waals surface area contributed by atoms with Crippen LogP contribution in [0.3, 0.4) is 0 Å². The van der Waals surface area contributed by atoms with Crippen LogP contribution >= 0.6 is 11.6 Å². The zero-order chi connectivity index (χ0) is 22.1. The van der Waals surface area contributed by atoms with E-state index >= 15 is 0 Å². The second kappa shape index (κ2) is 11.5. The molecule has 0 spiro atoms. The minimum atomic E-state index is -0.253. The van der Waals surface area contributed by atoms with Crippen molar-refractivity contribution in [1.82, 2.24) is 5.43 Å². The largest absolute Gasteiger partial charge is 0.490 e. The Hall–Kier alpha value is -2.73. The fraction of sp³-hybridized carbons (Fsp3) is 0.391. The smallest absolute Gasteiger partial charge is 0.236 e. The molecule has 0 atom stereocenters. The lowest BCUT2D eigenvalue weighted by Gasteiger charge is -2.17. The van der Waals surface area contributed by atoms with Gasteiger partial charge in [-0.3, -0.25) is 4.79 Å². The molecule has 0 unspecified atom stereocenters. The number of aryl methyl sites for hydroxylation is 1. The van der Waals surface area contributed by atoms with E-state index in [4.69, 9.17) is 25.8 Å². The van der Waals surface area contributed by atoms with Crippen LogP contribution in [0.25, 0.3) is 0 Å². The zero-order valence-corrected chi connectivity index (χ0v) is 18.9. The lowest BCUT2D eigenvalue weighted by molar-refractivity contribution is -0.118. The molecule has 0 aromatic heterocycles. The highest BCUT2D eigenvalue weighted by Gasteiger charge is 2.13. The summed E-state index contributed by atoms with van der Waals surface area (Å²) < 4.78 is 17.5. The molecule has 0 aliphatic heterocycles. The summed E-state index contributed by atoms with van der Waals surface area (Å²) in [4.78, 5) is 10.9. The third-order valence-electron chi connectivity index (χ3n) is 4.15. The molecule has 1 amide bonds. The molecule has 2 rings (SSSR count). The standard InChI is InChI=1S/C23H29ClN2O4/c1-6-28-22-13-18(14-25-26-17(5)27)12-20(24)23(22)30-10-9-29-21-11-16(4)7-8-19(21)15(2)3/h7-8,11-15H,6,9-10H2,1-5H3,(H,26,27)/b25-14+. The molecule has 0 bridgehead atoms. The number of rotatable bonds is 10. The normalized spacial score (nSPS) is 11.0. The molecule has 0 saturated carbocycles. The van der Waals surface area contributed by atoms with E-state index in [-0.39, 0.29) is 5.91 Å². The number of hydrogen-bond donors (Lipinski definition) is 1. The van der Waals surface area contributed by atoms with Crippen molar-refractivity contribution in [3.05, 3.63) is 52.0 Å². The number of nitrogens with one attached hydrogen (secondary N) is 1. The first kappa shape index (κ1) is 23.5. The van der Waals surface area contributed by atoms with Crippen LogP contribution in [0.5, 0.6) is 17.2 Å². The Balaban J connectivity index is 2.06. The molecule has 2 aromatic carbocycles. The fourth-order valence-electron chi connectivity index (χ4n) is 2.80. The molecule has 30 heavy (non-hydrogen) atoms. The number of halogens is 1. The highest BCUT2D eigenvalue weighted by atomic mass is 35.5. The average molecular weight is 433 g/mol. The maximum absolute atomic E-state index is 10.9. The van der Waals surface area contributed by atoms with Gasteiger partial charge in [0.15, 0.2) is 11.5 Å². The summed E-state index contributed by atoms with van der Waals surface area (Å²) in [5.74, 6) is 1.94. The van der Waals surface area contributed by atoms with Gasteiger partial charge < -0.3 is 14.2 Å². The van der Waals surface area contributed by atoms with Crippen LogP contribution < -0.4 is 19.6 Å². The van der Waals surface area contributed by atoms with Gasteiger partial charge in [-0.2, -0.15) is 5.10 Å².